The molecule has 2 aromatic heterocycles. The smallest absolute Gasteiger partial charge is 0.247 e. The van der Waals surface area contributed by atoms with Gasteiger partial charge >= 0.3 is 0 Å². The molecule has 0 spiro atoms. The van der Waals surface area contributed by atoms with Crippen LogP contribution in [0.1, 0.15) is 23.6 Å². The zero-order chi connectivity index (χ0) is 14.8. The molecule has 1 aromatic carbocycles. The first-order chi connectivity index (χ1) is 10.1. The van der Waals surface area contributed by atoms with E-state index < -0.39 is 0 Å². The Labute approximate surface area is 126 Å². The zero-order valence-corrected chi connectivity index (χ0v) is 12.8. The molecule has 21 heavy (non-hydrogen) atoms. The molecule has 0 amide bonds. The third-order valence-electron chi connectivity index (χ3n) is 3.01. The molecule has 108 valence electrons. The van der Waals surface area contributed by atoms with Crippen LogP contribution < -0.4 is 0 Å². The van der Waals surface area contributed by atoms with E-state index in [4.69, 9.17) is 4.42 Å². The second-order valence-electron chi connectivity index (χ2n) is 4.80. The minimum absolute atomic E-state index is 0.0129. The molecule has 1 atom stereocenters. The number of hydrogen-bond acceptors (Lipinski definition) is 6. The normalized spacial score (nSPS) is 12.5. The van der Waals surface area contributed by atoms with Crippen LogP contribution in [0.3, 0.4) is 0 Å². The van der Waals surface area contributed by atoms with Gasteiger partial charge in [0.1, 0.15) is 6.33 Å². The van der Waals surface area contributed by atoms with Gasteiger partial charge in [-0.05, 0) is 26.0 Å². The number of nitrogens with zero attached hydrogens (tertiary/aromatic N) is 5. The topological polar surface area (TPSA) is 69.6 Å². The molecule has 3 rings (SSSR count). The number of aryl methyl sites for hydroxylation is 2. The van der Waals surface area contributed by atoms with Crippen LogP contribution in [0, 0.1) is 6.92 Å². The maximum Gasteiger partial charge on any atom is 0.247 e. The van der Waals surface area contributed by atoms with Gasteiger partial charge in [-0.25, -0.2) is 0 Å². The highest BCUT2D eigenvalue weighted by atomic mass is 32.2. The van der Waals surface area contributed by atoms with Crippen LogP contribution in [0.2, 0.25) is 0 Å². The second kappa shape index (κ2) is 5.69. The molecular formula is C14H15N5OS. The Balaban J connectivity index is 1.80. The third-order valence-corrected chi connectivity index (χ3v) is 4.14. The van der Waals surface area contributed by atoms with E-state index in [2.05, 4.69) is 20.4 Å². The number of benzene rings is 1. The average molecular weight is 301 g/mol. The van der Waals surface area contributed by atoms with E-state index in [9.17, 15) is 0 Å². The molecule has 0 aliphatic carbocycles. The number of aromatic nitrogens is 5. The summed E-state index contributed by atoms with van der Waals surface area (Å²) in [7, 11) is 1.90. The largest absolute Gasteiger partial charge is 0.419 e. The fourth-order valence-corrected chi connectivity index (χ4v) is 2.70. The van der Waals surface area contributed by atoms with E-state index in [0.29, 0.717) is 11.8 Å². The molecule has 0 radical (unpaired) electrons. The Hall–Kier alpha value is -2.15. The minimum Gasteiger partial charge on any atom is -0.419 e. The Bertz CT molecular complexity index is 751. The molecule has 0 saturated heterocycles. The van der Waals surface area contributed by atoms with Crippen LogP contribution >= 0.6 is 11.8 Å². The van der Waals surface area contributed by atoms with Gasteiger partial charge in [-0.15, -0.1) is 20.4 Å². The lowest BCUT2D eigenvalue weighted by molar-refractivity contribution is 0.508. The highest BCUT2D eigenvalue weighted by molar-refractivity contribution is 7.99. The third kappa shape index (κ3) is 2.97. The quantitative estimate of drug-likeness (QED) is 0.690. The summed E-state index contributed by atoms with van der Waals surface area (Å²) in [5, 5.41) is 17.0. The minimum atomic E-state index is 0.0129. The summed E-state index contributed by atoms with van der Waals surface area (Å²) in [6.45, 7) is 4.04. The first kappa shape index (κ1) is 13.8. The van der Waals surface area contributed by atoms with Crippen molar-refractivity contribution in [1.82, 2.24) is 25.0 Å². The maximum atomic E-state index is 5.77. The van der Waals surface area contributed by atoms with Gasteiger partial charge in [-0.1, -0.05) is 29.5 Å². The van der Waals surface area contributed by atoms with Gasteiger partial charge in [0.15, 0.2) is 5.16 Å². The van der Waals surface area contributed by atoms with E-state index in [1.807, 2.05) is 49.7 Å². The Morgan fingerprint density at radius 2 is 2.10 bits per heavy atom. The van der Waals surface area contributed by atoms with Crippen molar-refractivity contribution in [2.75, 3.05) is 0 Å². The molecule has 2 heterocycles. The molecule has 0 N–H and O–H groups in total. The van der Waals surface area contributed by atoms with E-state index in [0.717, 1.165) is 16.3 Å². The lowest BCUT2D eigenvalue weighted by Gasteiger charge is -2.04. The summed E-state index contributed by atoms with van der Waals surface area (Å²) in [5.41, 5.74) is 2.10. The number of hydrogen-bond donors (Lipinski definition) is 0. The van der Waals surface area contributed by atoms with Crippen molar-refractivity contribution in [3.63, 3.8) is 0 Å². The van der Waals surface area contributed by atoms with Gasteiger partial charge in [0.2, 0.25) is 11.8 Å². The number of thioether (sulfide) groups is 1. The van der Waals surface area contributed by atoms with E-state index in [1.54, 1.807) is 6.33 Å². The molecule has 0 fully saturated rings. The zero-order valence-electron chi connectivity index (χ0n) is 12.0. The molecule has 3 aromatic rings. The Kier molecular flexibility index (Phi) is 3.74. The van der Waals surface area contributed by atoms with E-state index >= 15 is 0 Å². The Morgan fingerprint density at radius 1 is 1.24 bits per heavy atom. The Morgan fingerprint density at radius 3 is 2.81 bits per heavy atom. The van der Waals surface area contributed by atoms with Crippen LogP contribution in [-0.4, -0.2) is 25.0 Å². The first-order valence-electron chi connectivity index (χ1n) is 6.54. The van der Waals surface area contributed by atoms with Gasteiger partial charge in [0.25, 0.3) is 0 Å². The lowest BCUT2D eigenvalue weighted by Crippen LogP contribution is -1.94. The van der Waals surface area contributed by atoms with Crippen LogP contribution in [0.4, 0.5) is 0 Å². The molecule has 7 heteroatoms. The van der Waals surface area contributed by atoms with Gasteiger partial charge in [-0.2, -0.15) is 0 Å². The maximum absolute atomic E-state index is 5.77. The first-order valence-corrected chi connectivity index (χ1v) is 7.42. The standard InChI is InChI=1S/C14H15N5OS/c1-9-5-4-6-11(7-9)13-17-16-12(20-13)10(2)21-14-18-15-8-19(14)3/h4-8,10H,1-3H3. The fourth-order valence-electron chi connectivity index (χ4n) is 1.88. The fraction of sp³-hybridized carbons (Fsp3) is 0.286. The van der Waals surface area contributed by atoms with Crippen LogP contribution in [0.5, 0.6) is 0 Å². The lowest BCUT2D eigenvalue weighted by atomic mass is 10.1. The predicted octanol–water partition coefficient (Wildman–Crippen LogP) is 3.03. The van der Waals surface area contributed by atoms with Crippen molar-refractivity contribution in [3.05, 3.63) is 42.0 Å². The molecule has 1 unspecified atom stereocenters. The molecule has 6 nitrogen and oxygen atoms in total. The van der Waals surface area contributed by atoms with Gasteiger partial charge < -0.3 is 8.98 Å². The van der Waals surface area contributed by atoms with Gasteiger partial charge in [0, 0.05) is 12.6 Å². The number of rotatable bonds is 4. The highest BCUT2D eigenvalue weighted by Crippen LogP contribution is 2.33. The SMILES string of the molecule is Cc1cccc(-c2nnc(C(C)Sc3nncn3C)o2)c1. The monoisotopic (exact) mass is 301 g/mol. The van der Waals surface area contributed by atoms with Crippen molar-refractivity contribution in [3.8, 4) is 11.5 Å². The summed E-state index contributed by atoms with van der Waals surface area (Å²) in [5.74, 6) is 1.12. The highest BCUT2D eigenvalue weighted by Gasteiger charge is 2.18. The van der Waals surface area contributed by atoms with E-state index in [1.165, 1.54) is 11.8 Å². The van der Waals surface area contributed by atoms with Crippen molar-refractivity contribution in [1.29, 1.82) is 0 Å². The second-order valence-corrected chi connectivity index (χ2v) is 6.11. The molecular weight excluding hydrogens is 286 g/mol. The molecule has 0 aliphatic heterocycles. The molecule has 0 saturated carbocycles. The van der Waals surface area contributed by atoms with Crippen molar-refractivity contribution >= 4 is 11.8 Å². The average Bonchev–Trinajstić information content (AvgIpc) is 3.09. The van der Waals surface area contributed by atoms with Crippen LogP contribution in [0.15, 0.2) is 40.2 Å². The summed E-state index contributed by atoms with van der Waals surface area (Å²) < 4.78 is 7.63. The van der Waals surface area contributed by atoms with Crippen molar-refractivity contribution in [2.45, 2.75) is 24.3 Å². The molecule has 0 aliphatic rings. The van der Waals surface area contributed by atoms with Crippen molar-refractivity contribution < 1.29 is 4.42 Å². The van der Waals surface area contributed by atoms with Crippen molar-refractivity contribution in [2.24, 2.45) is 7.05 Å². The summed E-state index contributed by atoms with van der Waals surface area (Å²) in [6, 6.07) is 8.00. The van der Waals surface area contributed by atoms with Gasteiger partial charge in [-0.3, -0.25) is 0 Å². The summed E-state index contributed by atoms with van der Waals surface area (Å²) >= 11 is 1.53. The van der Waals surface area contributed by atoms with E-state index in [-0.39, 0.29) is 5.25 Å². The van der Waals surface area contributed by atoms with Crippen LogP contribution in [-0.2, 0) is 7.05 Å². The summed E-state index contributed by atoms with van der Waals surface area (Å²) in [4.78, 5) is 0. The van der Waals surface area contributed by atoms with Gasteiger partial charge in [0.05, 0.1) is 5.25 Å². The molecule has 0 bridgehead atoms. The van der Waals surface area contributed by atoms with Crippen LogP contribution in [0.25, 0.3) is 11.5 Å². The predicted molar refractivity (Wildman–Crippen MR) is 79.7 cm³/mol. The summed E-state index contributed by atoms with van der Waals surface area (Å²) in [6.07, 6.45) is 1.67.